The summed E-state index contributed by atoms with van der Waals surface area (Å²) in [4.78, 5) is 11.7. The molecule has 0 aromatic heterocycles. The number of carbonyl (C=O) groups is 1. The Balaban J connectivity index is 1.99. The second-order valence-corrected chi connectivity index (χ2v) is 6.64. The highest BCUT2D eigenvalue weighted by Gasteiger charge is 2.78. The van der Waals surface area contributed by atoms with Crippen LogP contribution in [0, 0.1) is 28.1 Å². The van der Waals surface area contributed by atoms with Crippen LogP contribution in [0.1, 0.15) is 46.5 Å². The predicted octanol–water partition coefficient (Wildman–Crippen LogP) is 1.83. The standard InChI is InChI=1S/C14H21N3O/c1-4-11(18)16-17-9-12(2)10-5-6-13(12,3)14(17,7-10)8-15/h10H,4-7,9H2,1-3H3,(H,16,18). The molecule has 3 fully saturated rings. The molecule has 1 amide bonds. The molecule has 2 saturated carbocycles. The molecular weight excluding hydrogens is 226 g/mol. The topological polar surface area (TPSA) is 56.1 Å². The molecule has 0 aromatic carbocycles. The van der Waals surface area contributed by atoms with Gasteiger partial charge in [-0.15, -0.1) is 0 Å². The lowest BCUT2D eigenvalue weighted by molar-refractivity contribution is -0.129. The Labute approximate surface area is 108 Å². The van der Waals surface area contributed by atoms with Crippen molar-refractivity contribution in [1.29, 1.82) is 5.26 Å². The van der Waals surface area contributed by atoms with Crippen LogP contribution < -0.4 is 5.43 Å². The van der Waals surface area contributed by atoms with Gasteiger partial charge in [0.15, 0.2) is 0 Å². The SMILES string of the molecule is CCC(=O)NN1CC2(C)C3CCC2(C)C1(C#N)C3. The van der Waals surface area contributed by atoms with Gasteiger partial charge in [-0.25, -0.2) is 0 Å². The first-order chi connectivity index (χ1) is 8.43. The van der Waals surface area contributed by atoms with Gasteiger partial charge in [-0.05, 0) is 30.6 Å². The number of nitrogens with zero attached hydrogens (tertiary/aromatic N) is 2. The van der Waals surface area contributed by atoms with Gasteiger partial charge in [0.25, 0.3) is 0 Å². The molecule has 3 rings (SSSR count). The molecule has 0 radical (unpaired) electrons. The van der Waals surface area contributed by atoms with E-state index >= 15 is 0 Å². The lowest BCUT2D eigenvalue weighted by Gasteiger charge is -2.42. The summed E-state index contributed by atoms with van der Waals surface area (Å²) in [6, 6.07) is 2.56. The average Bonchev–Trinajstić information content (AvgIpc) is 2.79. The number of rotatable bonds is 2. The quantitative estimate of drug-likeness (QED) is 0.810. The number of amides is 1. The van der Waals surface area contributed by atoms with Crippen LogP contribution in [0.3, 0.4) is 0 Å². The first-order valence-electron chi connectivity index (χ1n) is 6.92. The average molecular weight is 247 g/mol. The van der Waals surface area contributed by atoms with Crippen LogP contribution in [-0.4, -0.2) is 23.0 Å². The third-order valence-electron chi connectivity index (χ3n) is 6.32. The van der Waals surface area contributed by atoms with Gasteiger partial charge in [-0.2, -0.15) is 10.3 Å². The van der Waals surface area contributed by atoms with Gasteiger partial charge < -0.3 is 0 Å². The fourth-order valence-electron chi connectivity index (χ4n) is 4.87. The fraction of sp³-hybridized carbons (Fsp3) is 0.857. The minimum atomic E-state index is -0.477. The van der Waals surface area contributed by atoms with Crippen molar-refractivity contribution in [3.63, 3.8) is 0 Å². The van der Waals surface area contributed by atoms with E-state index in [4.69, 9.17) is 0 Å². The van der Waals surface area contributed by atoms with Crippen molar-refractivity contribution in [3.8, 4) is 6.07 Å². The lowest BCUT2D eigenvalue weighted by Crippen LogP contribution is -2.59. The molecule has 18 heavy (non-hydrogen) atoms. The molecule has 2 aliphatic carbocycles. The fourth-order valence-corrected chi connectivity index (χ4v) is 4.87. The molecule has 4 bridgehead atoms. The molecule has 4 atom stereocenters. The summed E-state index contributed by atoms with van der Waals surface area (Å²) in [6.45, 7) is 7.23. The predicted molar refractivity (Wildman–Crippen MR) is 67.0 cm³/mol. The monoisotopic (exact) mass is 247 g/mol. The summed E-state index contributed by atoms with van der Waals surface area (Å²) in [7, 11) is 0. The van der Waals surface area contributed by atoms with E-state index in [1.807, 2.05) is 11.9 Å². The third-order valence-corrected chi connectivity index (χ3v) is 6.32. The second-order valence-electron chi connectivity index (χ2n) is 6.64. The Bertz CT molecular complexity index is 456. The number of hydrogen-bond donors (Lipinski definition) is 1. The van der Waals surface area contributed by atoms with Crippen molar-refractivity contribution in [3.05, 3.63) is 0 Å². The van der Waals surface area contributed by atoms with Crippen LogP contribution in [0.2, 0.25) is 0 Å². The zero-order valence-electron chi connectivity index (χ0n) is 11.4. The van der Waals surface area contributed by atoms with Gasteiger partial charge in [0.1, 0.15) is 5.54 Å². The smallest absolute Gasteiger partial charge is 0.234 e. The molecule has 1 heterocycles. The molecular formula is C14H21N3O. The van der Waals surface area contributed by atoms with Gasteiger partial charge >= 0.3 is 0 Å². The van der Waals surface area contributed by atoms with E-state index < -0.39 is 5.54 Å². The maximum atomic E-state index is 11.7. The number of hydrazine groups is 1. The van der Waals surface area contributed by atoms with E-state index in [-0.39, 0.29) is 16.7 Å². The van der Waals surface area contributed by atoms with Crippen molar-refractivity contribution in [2.45, 2.75) is 52.0 Å². The zero-order valence-corrected chi connectivity index (χ0v) is 11.4. The van der Waals surface area contributed by atoms with Gasteiger partial charge in [0.05, 0.1) is 6.07 Å². The molecule has 4 heteroatoms. The number of nitrogens with one attached hydrogen (secondary N) is 1. The van der Waals surface area contributed by atoms with Crippen molar-refractivity contribution >= 4 is 5.91 Å². The molecule has 4 unspecified atom stereocenters. The number of carbonyl (C=O) groups excluding carboxylic acids is 1. The van der Waals surface area contributed by atoms with Crippen LogP contribution in [0.4, 0.5) is 0 Å². The third kappa shape index (κ3) is 0.994. The van der Waals surface area contributed by atoms with Crippen LogP contribution in [0.5, 0.6) is 0 Å². The second kappa shape index (κ2) is 3.27. The Morgan fingerprint density at radius 1 is 1.56 bits per heavy atom. The van der Waals surface area contributed by atoms with Crippen molar-refractivity contribution in [2.24, 2.45) is 16.7 Å². The normalized spacial score (nSPS) is 49.3. The Morgan fingerprint density at radius 2 is 2.28 bits per heavy atom. The van der Waals surface area contributed by atoms with Crippen molar-refractivity contribution in [2.75, 3.05) is 6.54 Å². The van der Waals surface area contributed by atoms with Crippen LogP contribution >= 0.6 is 0 Å². The number of hydrogen-bond acceptors (Lipinski definition) is 3. The Hall–Kier alpha value is -1.08. The van der Waals surface area contributed by atoms with E-state index in [9.17, 15) is 10.1 Å². The largest absolute Gasteiger partial charge is 0.287 e. The molecule has 0 aromatic rings. The van der Waals surface area contributed by atoms with E-state index in [2.05, 4.69) is 25.3 Å². The van der Waals surface area contributed by atoms with Crippen molar-refractivity contribution < 1.29 is 4.79 Å². The summed E-state index contributed by atoms with van der Waals surface area (Å²) >= 11 is 0. The van der Waals surface area contributed by atoms with E-state index in [1.54, 1.807) is 0 Å². The summed E-state index contributed by atoms with van der Waals surface area (Å²) in [5, 5.41) is 11.7. The minimum Gasteiger partial charge on any atom is -0.287 e. The Morgan fingerprint density at radius 3 is 2.83 bits per heavy atom. The van der Waals surface area contributed by atoms with E-state index in [0.717, 1.165) is 19.4 Å². The first-order valence-corrected chi connectivity index (χ1v) is 6.92. The summed E-state index contributed by atoms with van der Waals surface area (Å²) in [5.41, 5.74) is 2.69. The molecule has 1 N–H and O–H groups in total. The van der Waals surface area contributed by atoms with Crippen LogP contribution in [-0.2, 0) is 4.79 Å². The molecule has 3 aliphatic rings. The van der Waals surface area contributed by atoms with Gasteiger partial charge in [-0.3, -0.25) is 10.2 Å². The highest BCUT2D eigenvalue weighted by Crippen LogP contribution is 2.75. The summed E-state index contributed by atoms with van der Waals surface area (Å²) in [5.74, 6) is 0.664. The van der Waals surface area contributed by atoms with Crippen molar-refractivity contribution in [1.82, 2.24) is 10.4 Å². The number of nitriles is 1. The van der Waals surface area contributed by atoms with Gasteiger partial charge in [0.2, 0.25) is 5.91 Å². The van der Waals surface area contributed by atoms with Gasteiger partial charge in [0, 0.05) is 18.4 Å². The van der Waals surface area contributed by atoms with E-state index in [0.29, 0.717) is 12.3 Å². The summed E-state index contributed by atoms with van der Waals surface area (Å²) < 4.78 is 0. The maximum Gasteiger partial charge on any atom is 0.234 e. The molecule has 4 nitrogen and oxygen atoms in total. The van der Waals surface area contributed by atoms with Gasteiger partial charge in [-0.1, -0.05) is 20.8 Å². The minimum absolute atomic E-state index is 0.0141. The highest BCUT2D eigenvalue weighted by molar-refractivity contribution is 5.75. The molecule has 0 spiro atoms. The summed E-state index contributed by atoms with van der Waals surface area (Å²) in [6.07, 6.45) is 3.74. The molecule has 1 saturated heterocycles. The van der Waals surface area contributed by atoms with Crippen LogP contribution in [0.15, 0.2) is 0 Å². The van der Waals surface area contributed by atoms with E-state index in [1.165, 1.54) is 6.42 Å². The highest BCUT2D eigenvalue weighted by atomic mass is 16.2. The lowest BCUT2D eigenvalue weighted by atomic mass is 9.66. The Kier molecular flexibility index (Phi) is 2.18. The molecule has 98 valence electrons. The van der Waals surface area contributed by atoms with Crippen LogP contribution in [0.25, 0.3) is 0 Å². The zero-order chi connectivity index (χ0) is 13.2. The number of piperidine rings is 1. The first kappa shape index (κ1) is 12.0. The maximum absolute atomic E-state index is 11.7. The molecule has 1 aliphatic heterocycles.